The molecule has 80 heavy (non-hydrogen) atoms. The monoisotopic (exact) mass is 1030 g/mol. The van der Waals surface area contributed by atoms with Gasteiger partial charge in [-0.2, -0.15) is 0 Å². The van der Waals surface area contributed by atoms with Crippen LogP contribution in [0.5, 0.6) is 0 Å². The standard InChI is InChI=1S/C74H54N4O2/c1-73(2,3)43-31-36-57-55(39-43)67-59(76(46-21-11-8-12-22-46)61-28-18-26-52-50-24-14-16-30-65(50)80-72(52)61)38-35-53-66-63(78(57)69(53)67)42-54-48-34-33-47(41-62(48)77-58-37-32-44(74(4,5)6)40-56(58)68(66)70(54)77)75(45-19-9-7-10-20-45)60-27-17-25-51-49-23-13-15-29-64(49)79-71(51)60/h7-42H,1-6H3. The minimum atomic E-state index is -0.0801. The predicted molar refractivity (Wildman–Crippen MR) is 337 cm³/mol. The summed E-state index contributed by atoms with van der Waals surface area (Å²) in [5, 5.41) is 14.4. The van der Waals surface area contributed by atoms with Gasteiger partial charge < -0.3 is 27.4 Å². The Balaban J connectivity index is 0.996. The summed E-state index contributed by atoms with van der Waals surface area (Å²) in [4.78, 5) is 4.80. The van der Waals surface area contributed by atoms with Gasteiger partial charge in [-0.1, -0.05) is 163 Å². The van der Waals surface area contributed by atoms with Gasteiger partial charge >= 0.3 is 0 Å². The SMILES string of the molecule is CC(C)(C)c1ccc2c(c1)c1c(N(c3ccccc3)c3cccc4c3oc3ccccc34)ccc3c4c5c6cc(C(C)(C)C)ccc6n6c7cc(N(c8ccccc8)c8cccc9c8oc8ccccc89)ccc7c(cc4n2c31)c56. The molecule has 0 radical (unpaired) electrons. The maximum atomic E-state index is 6.87. The molecule has 0 aliphatic carbocycles. The molecule has 0 atom stereocenters. The largest absolute Gasteiger partial charge is 0.454 e. The van der Waals surface area contributed by atoms with Crippen LogP contribution in [0.3, 0.4) is 0 Å². The van der Waals surface area contributed by atoms with Crippen LogP contribution >= 0.6 is 0 Å². The lowest BCUT2D eigenvalue weighted by atomic mass is 9.86. The lowest BCUT2D eigenvalue weighted by Gasteiger charge is -2.26. The van der Waals surface area contributed by atoms with Crippen molar-refractivity contribution in [3.8, 4) is 0 Å². The smallest absolute Gasteiger partial charge is 0.159 e. The fourth-order valence-electron chi connectivity index (χ4n) is 13.7. The summed E-state index contributed by atoms with van der Waals surface area (Å²) in [5.41, 5.74) is 19.4. The summed E-state index contributed by atoms with van der Waals surface area (Å²) >= 11 is 0. The highest BCUT2D eigenvalue weighted by molar-refractivity contribution is 6.39. The van der Waals surface area contributed by atoms with E-state index >= 15 is 0 Å². The van der Waals surface area contributed by atoms with Crippen LogP contribution in [0.15, 0.2) is 227 Å². The summed E-state index contributed by atoms with van der Waals surface area (Å²) < 4.78 is 18.8. The third-order valence-electron chi connectivity index (χ3n) is 17.4. The number of aromatic nitrogens is 2. The molecule has 0 spiro atoms. The van der Waals surface area contributed by atoms with Gasteiger partial charge in [0.15, 0.2) is 11.2 Å². The summed E-state index contributed by atoms with van der Waals surface area (Å²) in [6.45, 7) is 13.9. The van der Waals surface area contributed by atoms with Crippen LogP contribution in [-0.4, -0.2) is 8.80 Å². The number of anilines is 6. The molecule has 0 saturated heterocycles. The highest BCUT2D eigenvalue weighted by Crippen LogP contribution is 2.54. The van der Waals surface area contributed by atoms with Crippen LogP contribution in [0, 0.1) is 0 Å². The molecule has 6 heteroatoms. The molecule has 6 nitrogen and oxygen atoms in total. The van der Waals surface area contributed by atoms with Crippen molar-refractivity contribution in [2.45, 2.75) is 52.4 Å². The summed E-state index contributed by atoms with van der Waals surface area (Å²) in [7, 11) is 0. The fraction of sp³-hybridized carbons (Fsp3) is 0.108. The number of fused-ring (bicyclic) bond motifs is 19. The first-order valence-electron chi connectivity index (χ1n) is 27.9. The lowest BCUT2D eigenvalue weighted by Crippen LogP contribution is -2.11. The zero-order chi connectivity index (χ0) is 53.5. The number of furan rings is 2. The molecule has 0 unspecified atom stereocenters. The number of hydrogen-bond acceptors (Lipinski definition) is 4. The quantitative estimate of drug-likeness (QED) is 0.166. The van der Waals surface area contributed by atoms with E-state index in [1.165, 1.54) is 81.8 Å². The van der Waals surface area contributed by atoms with Gasteiger partial charge in [-0.15, -0.1) is 0 Å². The normalized spacial score (nSPS) is 12.9. The molecule has 6 aromatic heterocycles. The van der Waals surface area contributed by atoms with Gasteiger partial charge in [-0.3, -0.25) is 0 Å². The highest BCUT2D eigenvalue weighted by atomic mass is 16.3. The molecular formula is C74H54N4O2. The third-order valence-corrected chi connectivity index (χ3v) is 17.4. The molecule has 0 fully saturated rings. The van der Waals surface area contributed by atoms with Gasteiger partial charge in [0.1, 0.15) is 11.2 Å². The van der Waals surface area contributed by atoms with Gasteiger partial charge in [-0.25, -0.2) is 0 Å². The van der Waals surface area contributed by atoms with E-state index in [0.717, 1.165) is 83.5 Å². The predicted octanol–water partition coefficient (Wildman–Crippen LogP) is 21.3. The Bertz CT molecular complexity index is 5390. The summed E-state index contributed by atoms with van der Waals surface area (Å²) in [6, 6.07) is 80.2. The summed E-state index contributed by atoms with van der Waals surface area (Å²) in [5.74, 6) is 0. The zero-order valence-corrected chi connectivity index (χ0v) is 45.4. The Hall–Kier alpha value is -9.78. The molecule has 6 heterocycles. The Labute approximate surface area is 461 Å². The number of para-hydroxylation sites is 6. The first kappa shape index (κ1) is 45.3. The average molecular weight is 1030 g/mol. The summed E-state index contributed by atoms with van der Waals surface area (Å²) in [6.07, 6.45) is 0. The van der Waals surface area contributed by atoms with Gasteiger partial charge in [0.05, 0.1) is 50.2 Å². The van der Waals surface area contributed by atoms with E-state index < -0.39 is 0 Å². The molecule has 11 aromatic carbocycles. The van der Waals surface area contributed by atoms with Crippen molar-refractivity contribution >= 4 is 154 Å². The Morgan fingerprint density at radius 1 is 0.300 bits per heavy atom. The molecule has 382 valence electrons. The van der Waals surface area contributed by atoms with Gasteiger partial charge in [-0.05, 0) is 119 Å². The maximum Gasteiger partial charge on any atom is 0.159 e. The zero-order valence-electron chi connectivity index (χ0n) is 45.4. The van der Waals surface area contributed by atoms with Crippen LogP contribution in [0.25, 0.3) is 120 Å². The first-order chi connectivity index (χ1) is 39.0. The van der Waals surface area contributed by atoms with E-state index in [4.69, 9.17) is 8.83 Å². The molecule has 0 amide bonds. The van der Waals surface area contributed by atoms with Crippen LogP contribution in [0.4, 0.5) is 34.1 Å². The van der Waals surface area contributed by atoms with E-state index in [0.29, 0.717) is 0 Å². The van der Waals surface area contributed by atoms with Gasteiger partial charge in [0, 0.05) is 81.7 Å². The topological polar surface area (TPSA) is 41.6 Å². The van der Waals surface area contributed by atoms with Crippen molar-refractivity contribution in [2.75, 3.05) is 9.80 Å². The minimum Gasteiger partial charge on any atom is -0.454 e. The molecule has 0 aliphatic rings. The van der Waals surface area contributed by atoms with E-state index in [2.05, 4.69) is 272 Å². The van der Waals surface area contributed by atoms with E-state index in [-0.39, 0.29) is 10.8 Å². The third kappa shape index (κ3) is 6.13. The minimum absolute atomic E-state index is 0.0722. The maximum absolute atomic E-state index is 6.87. The van der Waals surface area contributed by atoms with Crippen LogP contribution in [-0.2, 0) is 10.8 Å². The molecule has 17 rings (SSSR count). The van der Waals surface area contributed by atoms with Crippen molar-refractivity contribution in [2.24, 2.45) is 0 Å². The van der Waals surface area contributed by atoms with Crippen molar-refractivity contribution in [3.63, 3.8) is 0 Å². The lowest BCUT2D eigenvalue weighted by molar-refractivity contribution is 0.591. The molecule has 0 bridgehead atoms. The van der Waals surface area contributed by atoms with Crippen LogP contribution < -0.4 is 9.80 Å². The molecule has 0 N–H and O–H groups in total. The second kappa shape index (κ2) is 15.9. The Morgan fingerprint density at radius 3 is 1.40 bits per heavy atom. The second-order valence-electron chi connectivity index (χ2n) is 24.1. The fourth-order valence-corrected chi connectivity index (χ4v) is 13.7. The van der Waals surface area contributed by atoms with Gasteiger partial charge in [0.25, 0.3) is 0 Å². The van der Waals surface area contributed by atoms with Crippen molar-refractivity contribution in [1.82, 2.24) is 8.80 Å². The van der Waals surface area contributed by atoms with E-state index in [1.54, 1.807) is 0 Å². The first-order valence-corrected chi connectivity index (χ1v) is 27.9. The Kier molecular flexibility index (Phi) is 9.01. The highest BCUT2D eigenvalue weighted by Gasteiger charge is 2.31. The molecule has 0 aliphatic heterocycles. The van der Waals surface area contributed by atoms with E-state index in [1.807, 2.05) is 6.07 Å². The molecule has 0 saturated carbocycles. The number of nitrogens with zero attached hydrogens (tertiary/aromatic N) is 4. The second-order valence-corrected chi connectivity index (χ2v) is 24.1. The Morgan fingerprint density at radius 2 is 0.800 bits per heavy atom. The molecular weight excluding hydrogens is 977 g/mol. The van der Waals surface area contributed by atoms with Crippen molar-refractivity contribution in [3.05, 3.63) is 230 Å². The molecule has 17 aromatic rings. The van der Waals surface area contributed by atoms with E-state index in [9.17, 15) is 0 Å². The number of hydrogen-bond donors (Lipinski definition) is 0. The van der Waals surface area contributed by atoms with Crippen LogP contribution in [0.1, 0.15) is 52.7 Å². The van der Waals surface area contributed by atoms with Crippen molar-refractivity contribution in [1.29, 1.82) is 0 Å². The van der Waals surface area contributed by atoms with Crippen molar-refractivity contribution < 1.29 is 8.83 Å². The number of rotatable bonds is 6. The number of benzene rings is 11. The van der Waals surface area contributed by atoms with Gasteiger partial charge in [0.2, 0.25) is 0 Å². The van der Waals surface area contributed by atoms with Crippen LogP contribution in [0.2, 0.25) is 0 Å². The average Bonchev–Trinajstić information content (AvgIpc) is 4.38.